The molecule has 0 aromatic carbocycles. The van der Waals surface area contributed by atoms with Gasteiger partial charge in [0.1, 0.15) is 0 Å². The van der Waals surface area contributed by atoms with E-state index in [4.69, 9.17) is 4.74 Å². The lowest BCUT2D eigenvalue weighted by atomic mass is 10.2. The smallest absolute Gasteiger partial charge is 0.381 e. The van der Waals surface area contributed by atoms with Crippen molar-refractivity contribution in [3.8, 4) is 0 Å². The predicted molar refractivity (Wildman–Crippen MR) is 49.9 cm³/mol. The van der Waals surface area contributed by atoms with Crippen LogP contribution in [0, 0.1) is 0 Å². The summed E-state index contributed by atoms with van der Waals surface area (Å²) in [5.74, 6) is -1.21. The van der Waals surface area contributed by atoms with Crippen molar-refractivity contribution >= 4 is 11.9 Å². The molecule has 1 fully saturated rings. The van der Waals surface area contributed by atoms with Crippen molar-refractivity contribution in [2.75, 3.05) is 6.61 Å². The van der Waals surface area contributed by atoms with E-state index in [0.29, 0.717) is 13.0 Å². The Kier molecular flexibility index (Phi) is 6.45. The lowest BCUT2D eigenvalue weighted by Crippen LogP contribution is -2.00. The number of hydrogen-bond acceptors (Lipinski definition) is 3. The number of carbonyl (C=O) groups excluding carboxylic acids is 2. The minimum absolute atomic E-state index is 0.0255. The Morgan fingerprint density at radius 3 is 2.43 bits per heavy atom. The van der Waals surface area contributed by atoms with Gasteiger partial charge in [0.05, 0.1) is 6.61 Å². The molecule has 1 saturated heterocycles. The Morgan fingerprint density at radius 1 is 1.36 bits per heavy atom. The molecule has 0 atom stereocenters. The summed E-state index contributed by atoms with van der Waals surface area (Å²) in [6.07, 6.45) is 3.83. The second-order valence-corrected chi connectivity index (χ2v) is 3.10. The van der Waals surface area contributed by atoms with E-state index >= 15 is 0 Å². The molecule has 4 heteroatoms. The van der Waals surface area contributed by atoms with Gasteiger partial charge in [-0.05, 0) is 26.2 Å². The van der Waals surface area contributed by atoms with Crippen LogP contribution in [0.15, 0.2) is 12.2 Å². The normalized spacial score (nSPS) is 15.6. The molecular weight excluding hydrogens is 184 g/mol. The van der Waals surface area contributed by atoms with E-state index in [-0.39, 0.29) is 11.5 Å². The summed E-state index contributed by atoms with van der Waals surface area (Å²) >= 11 is 0. The van der Waals surface area contributed by atoms with Crippen LogP contribution in [0.2, 0.25) is 0 Å². The zero-order valence-corrected chi connectivity index (χ0v) is 8.38. The molecule has 1 aliphatic rings. The van der Waals surface area contributed by atoms with E-state index in [1.165, 1.54) is 6.92 Å². The summed E-state index contributed by atoms with van der Waals surface area (Å²) in [5.41, 5.74) is 0.0648. The maximum absolute atomic E-state index is 10.5. The molecule has 0 saturated carbocycles. The quantitative estimate of drug-likeness (QED) is 0.476. The third-order valence-electron chi connectivity index (χ3n) is 1.64. The SMILES string of the molecule is C=C(C)C([O])=O.O=C1CCCCCO1. The minimum atomic E-state index is -1.19. The van der Waals surface area contributed by atoms with Gasteiger partial charge in [0.15, 0.2) is 0 Å². The second kappa shape index (κ2) is 7.12. The molecule has 79 valence electrons. The number of rotatable bonds is 1. The Hall–Kier alpha value is -1.32. The van der Waals surface area contributed by atoms with E-state index in [0.717, 1.165) is 19.3 Å². The summed E-state index contributed by atoms with van der Waals surface area (Å²) in [4.78, 5) is 19.9. The molecule has 0 aromatic heterocycles. The summed E-state index contributed by atoms with van der Waals surface area (Å²) in [6.45, 7) is 5.11. The lowest BCUT2D eigenvalue weighted by Gasteiger charge is -1.93. The summed E-state index contributed by atoms with van der Waals surface area (Å²) in [6, 6.07) is 0. The Balaban J connectivity index is 0.000000255. The van der Waals surface area contributed by atoms with Crippen molar-refractivity contribution in [1.82, 2.24) is 0 Å². The van der Waals surface area contributed by atoms with Gasteiger partial charge in [-0.3, -0.25) is 4.79 Å². The molecule has 4 nitrogen and oxygen atoms in total. The second-order valence-electron chi connectivity index (χ2n) is 3.10. The Bertz CT molecular complexity index is 198. The summed E-state index contributed by atoms with van der Waals surface area (Å²) in [5, 5.41) is 9.49. The number of hydrogen-bond donors (Lipinski definition) is 0. The van der Waals surface area contributed by atoms with Gasteiger partial charge in [0.25, 0.3) is 0 Å². The summed E-state index contributed by atoms with van der Waals surface area (Å²) < 4.78 is 4.76. The van der Waals surface area contributed by atoms with E-state index in [2.05, 4.69) is 6.58 Å². The number of ether oxygens (including phenoxy) is 1. The average molecular weight is 199 g/mol. The van der Waals surface area contributed by atoms with Crippen molar-refractivity contribution in [3.63, 3.8) is 0 Å². The maximum atomic E-state index is 10.5. The number of esters is 1. The molecule has 0 N–H and O–H groups in total. The van der Waals surface area contributed by atoms with Gasteiger partial charge in [-0.2, -0.15) is 0 Å². The number of carbonyl (C=O) groups is 2. The standard InChI is InChI=1S/C6H10O2.C4H5O2/c7-6-4-2-1-3-5-8-6;1-3(2)4(5)6/h1-5H2;1H2,2H3. The first-order chi connectivity index (χ1) is 6.54. The van der Waals surface area contributed by atoms with Crippen LogP contribution in [-0.2, 0) is 19.4 Å². The molecule has 0 spiro atoms. The van der Waals surface area contributed by atoms with Crippen LogP contribution in [0.5, 0.6) is 0 Å². The van der Waals surface area contributed by atoms with Gasteiger partial charge in [-0.15, -0.1) is 0 Å². The van der Waals surface area contributed by atoms with Crippen LogP contribution in [0.25, 0.3) is 0 Å². The highest BCUT2D eigenvalue weighted by molar-refractivity contribution is 5.84. The largest absolute Gasteiger partial charge is 0.466 e. The molecular formula is C10H15O4. The summed E-state index contributed by atoms with van der Waals surface area (Å²) in [7, 11) is 0. The molecule has 1 heterocycles. The lowest BCUT2D eigenvalue weighted by molar-refractivity contribution is -0.142. The zero-order valence-electron chi connectivity index (χ0n) is 8.38. The molecule has 0 aromatic rings. The highest BCUT2D eigenvalue weighted by Crippen LogP contribution is 2.06. The first-order valence-electron chi connectivity index (χ1n) is 4.56. The van der Waals surface area contributed by atoms with Crippen LogP contribution < -0.4 is 0 Å². The van der Waals surface area contributed by atoms with Crippen LogP contribution in [0.1, 0.15) is 32.6 Å². The topological polar surface area (TPSA) is 63.3 Å². The average Bonchev–Trinajstić information content (AvgIpc) is 2.33. The molecule has 14 heavy (non-hydrogen) atoms. The van der Waals surface area contributed by atoms with Crippen molar-refractivity contribution in [2.45, 2.75) is 32.6 Å². The van der Waals surface area contributed by atoms with Crippen molar-refractivity contribution in [1.29, 1.82) is 0 Å². The van der Waals surface area contributed by atoms with Gasteiger partial charge >= 0.3 is 11.9 Å². The van der Waals surface area contributed by atoms with Crippen molar-refractivity contribution in [2.24, 2.45) is 0 Å². The third kappa shape index (κ3) is 7.34. The molecule has 0 amide bonds. The van der Waals surface area contributed by atoms with Crippen LogP contribution >= 0.6 is 0 Å². The fraction of sp³-hybridized carbons (Fsp3) is 0.600. The molecule has 1 aliphatic heterocycles. The fourth-order valence-electron chi connectivity index (χ4n) is 0.806. The van der Waals surface area contributed by atoms with Gasteiger partial charge in [-0.1, -0.05) is 6.58 Å². The van der Waals surface area contributed by atoms with Crippen LogP contribution in [0.4, 0.5) is 0 Å². The van der Waals surface area contributed by atoms with Gasteiger partial charge in [0, 0.05) is 12.0 Å². The van der Waals surface area contributed by atoms with E-state index in [1.807, 2.05) is 0 Å². The maximum Gasteiger partial charge on any atom is 0.381 e. The number of cyclic esters (lactones) is 1. The first kappa shape index (κ1) is 12.7. The molecule has 0 aliphatic carbocycles. The van der Waals surface area contributed by atoms with Gasteiger partial charge in [0.2, 0.25) is 0 Å². The highest BCUT2D eigenvalue weighted by Gasteiger charge is 2.05. The van der Waals surface area contributed by atoms with Gasteiger partial charge < -0.3 is 4.74 Å². The molecule has 0 unspecified atom stereocenters. The van der Waals surface area contributed by atoms with E-state index in [1.54, 1.807) is 0 Å². The van der Waals surface area contributed by atoms with Crippen LogP contribution in [0.3, 0.4) is 0 Å². The third-order valence-corrected chi connectivity index (χ3v) is 1.64. The van der Waals surface area contributed by atoms with Crippen LogP contribution in [-0.4, -0.2) is 18.5 Å². The first-order valence-corrected chi connectivity index (χ1v) is 4.56. The highest BCUT2D eigenvalue weighted by atomic mass is 16.5. The van der Waals surface area contributed by atoms with Gasteiger partial charge in [-0.25, -0.2) is 9.90 Å². The van der Waals surface area contributed by atoms with Crippen molar-refractivity contribution in [3.05, 3.63) is 12.2 Å². The monoisotopic (exact) mass is 199 g/mol. The zero-order chi connectivity index (χ0) is 11.0. The predicted octanol–water partition coefficient (Wildman–Crippen LogP) is 1.62. The van der Waals surface area contributed by atoms with E-state index < -0.39 is 5.97 Å². The van der Waals surface area contributed by atoms with Crippen molar-refractivity contribution < 1.29 is 19.4 Å². The fourth-order valence-corrected chi connectivity index (χ4v) is 0.806. The molecule has 1 radical (unpaired) electrons. The Morgan fingerprint density at radius 2 is 1.93 bits per heavy atom. The Labute approximate surface area is 83.6 Å². The minimum Gasteiger partial charge on any atom is -0.466 e. The molecule has 0 bridgehead atoms. The molecule has 1 rings (SSSR count). The van der Waals surface area contributed by atoms with E-state index in [9.17, 15) is 14.7 Å².